The number of carboxylic acid groups (broad SMARTS) is 1. The van der Waals surface area contributed by atoms with Gasteiger partial charge in [-0.3, -0.25) is 0 Å². The molecule has 0 saturated carbocycles. The number of hydrogen-bond donors (Lipinski definition) is 2. The van der Waals surface area contributed by atoms with Crippen LogP contribution in [0.15, 0.2) is 10.6 Å². The number of nitrogens with zero attached hydrogens (tertiary/aromatic N) is 1. The standard InChI is InChI=1S/C5H5NO4/c7-2-3-1-4(5(8)9)10-6-3/h1,7H,2H2,(H,8,9). The van der Waals surface area contributed by atoms with Gasteiger partial charge in [-0.25, -0.2) is 4.79 Å². The lowest BCUT2D eigenvalue weighted by Gasteiger charge is -1.77. The third kappa shape index (κ3) is 1.14. The summed E-state index contributed by atoms with van der Waals surface area (Å²) >= 11 is 0. The molecular weight excluding hydrogens is 138 g/mol. The van der Waals surface area contributed by atoms with Crippen molar-refractivity contribution in [3.8, 4) is 0 Å². The molecule has 0 atom stereocenters. The molecule has 0 aromatic carbocycles. The second-order valence-electron chi connectivity index (χ2n) is 1.65. The number of aliphatic hydroxyl groups excluding tert-OH is 1. The molecule has 0 aliphatic heterocycles. The highest BCUT2D eigenvalue weighted by molar-refractivity contribution is 5.84. The highest BCUT2D eigenvalue weighted by Gasteiger charge is 2.09. The highest BCUT2D eigenvalue weighted by atomic mass is 16.5. The molecule has 5 nitrogen and oxygen atoms in total. The van der Waals surface area contributed by atoms with Crippen LogP contribution in [0.3, 0.4) is 0 Å². The van der Waals surface area contributed by atoms with Crippen molar-refractivity contribution in [1.29, 1.82) is 0 Å². The van der Waals surface area contributed by atoms with Gasteiger partial charge in [-0.05, 0) is 0 Å². The fourth-order valence-corrected chi connectivity index (χ4v) is 0.487. The van der Waals surface area contributed by atoms with Crippen molar-refractivity contribution in [3.05, 3.63) is 17.5 Å². The van der Waals surface area contributed by atoms with E-state index >= 15 is 0 Å². The van der Waals surface area contributed by atoms with Crippen molar-refractivity contribution in [2.24, 2.45) is 0 Å². The minimum Gasteiger partial charge on any atom is -0.475 e. The predicted molar refractivity (Wildman–Crippen MR) is 29.4 cm³/mol. The van der Waals surface area contributed by atoms with Gasteiger partial charge in [0.25, 0.3) is 0 Å². The third-order valence-corrected chi connectivity index (χ3v) is 0.932. The quantitative estimate of drug-likeness (QED) is 0.602. The summed E-state index contributed by atoms with van der Waals surface area (Å²) in [7, 11) is 0. The van der Waals surface area contributed by atoms with Crippen molar-refractivity contribution >= 4 is 5.97 Å². The Morgan fingerprint density at radius 2 is 2.50 bits per heavy atom. The molecule has 2 N–H and O–H groups in total. The molecule has 1 aromatic heterocycles. The number of rotatable bonds is 2. The second-order valence-corrected chi connectivity index (χ2v) is 1.65. The van der Waals surface area contributed by atoms with Crippen molar-refractivity contribution < 1.29 is 19.5 Å². The van der Waals surface area contributed by atoms with Gasteiger partial charge in [-0.15, -0.1) is 0 Å². The minimum absolute atomic E-state index is 0.220. The zero-order chi connectivity index (χ0) is 7.56. The van der Waals surface area contributed by atoms with Gasteiger partial charge in [0.15, 0.2) is 0 Å². The highest BCUT2D eigenvalue weighted by Crippen LogP contribution is 2.02. The summed E-state index contributed by atoms with van der Waals surface area (Å²) < 4.78 is 4.31. The summed E-state index contributed by atoms with van der Waals surface area (Å²) in [4.78, 5) is 10.1. The van der Waals surface area contributed by atoms with Crippen molar-refractivity contribution in [2.45, 2.75) is 6.61 Å². The lowest BCUT2D eigenvalue weighted by Crippen LogP contribution is -1.91. The van der Waals surface area contributed by atoms with Crippen LogP contribution >= 0.6 is 0 Å². The lowest BCUT2D eigenvalue weighted by atomic mass is 10.4. The Balaban J connectivity index is 2.88. The molecule has 0 unspecified atom stereocenters. The molecule has 0 aliphatic rings. The molecule has 0 fully saturated rings. The molecule has 0 radical (unpaired) electrons. The fraction of sp³-hybridized carbons (Fsp3) is 0.200. The Hall–Kier alpha value is -1.36. The van der Waals surface area contributed by atoms with Gasteiger partial charge in [0.2, 0.25) is 5.76 Å². The SMILES string of the molecule is O=C(O)c1cc(CO)no1. The molecule has 0 saturated heterocycles. The average molecular weight is 143 g/mol. The van der Waals surface area contributed by atoms with E-state index in [9.17, 15) is 4.79 Å². The first-order valence-corrected chi connectivity index (χ1v) is 2.54. The summed E-state index contributed by atoms with van der Waals surface area (Å²) in [6.07, 6.45) is 0. The predicted octanol–water partition coefficient (Wildman–Crippen LogP) is -0.135. The average Bonchev–Trinajstić information content (AvgIpc) is 2.34. The van der Waals surface area contributed by atoms with E-state index < -0.39 is 5.97 Å². The van der Waals surface area contributed by atoms with Crippen LogP contribution in [-0.4, -0.2) is 21.3 Å². The molecule has 0 spiro atoms. The van der Waals surface area contributed by atoms with E-state index in [-0.39, 0.29) is 18.1 Å². The number of aliphatic hydroxyl groups is 1. The fourth-order valence-electron chi connectivity index (χ4n) is 0.487. The van der Waals surface area contributed by atoms with E-state index in [1.54, 1.807) is 0 Å². The molecule has 5 heteroatoms. The second kappa shape index (κ2) is 2.49. The smallest absolute Gasteiger partial charge is 0.374 e. The van der Waals surface area contributed by atoms with Crippen molar-refractivity contribution in [2.75, 3.05) is 0 Å². The summed E-state index contributed by atoms with van der Waals surface area (Å²) in [6.45, 7) is -0.309. The van der Waals surface area contributed by atoms with Gasteiger partial charge < -0.3 is 14.7 Å². The van der Waals surface area contributed by atoms with E-state index in [0.717, 1.165) is 0 Å². The first-order chi connectivity index (χ1) is 4.74. The van der Waals surface area contributed by atoms with E-state index in [4.69, 9.17) is 10.2 Å². The van der Waals surface area contributed by atoms with E-state index in [1.165, 1.54) is 6.07 Å². The maximum atomic E-state index is 10.1. The molecule has 10 heavy (non-hydrogen) atoms. The van der Waals surface area contributed by atoms with Gasteiger partial charge in [0.05, 0.1) is 6.61 Å². The van der Waals surface area contributed by atoms with Crippen LogP contribution in [0, 0.1) is 0 Å². The third-order valence-electron chi connectivity index (χ3n) is 0.932. The topological polar surface area (TPSA) is 83.6 Å². The Morgan fingerprint density at radius 3 is 2.80 bits per heavy atom. The van der Waals surface area contributed by atoms with Crippen LogP contribution in [0.1, 0.15) is 16.2 Å². The van der Waals surface area contributed by atoms with Crippen LogP contribution in [0.4, 0.5) is 0 Å². The molecule has 0 aliphatic carbocycles. The number of aromatic nitrogens is 1. The maximum absolute atomic E-state index is 10.1. The largest absolute Gasteiger partial charge is 0.475 e. The van der Waals surface area contributed by atoms with Gasteiger partial charge in [0.1, 0.15) is 5.69 Å². The van der Waals surface area contributed by atoms with Gasteiger partial charge in [-0.1, -0.05) is 5.16 Å². The van der Waals surface area contributed by atoms with Crippen LogP contribution in [0.5, 0.6) is 0 Å². The Bertz CT molecular complexity index is 242. The summed E-state index contributed by atoms with van der Waals surface area (Å²) in [5, 5.41) is 19.9. The first-order valence-electron chi connectivity index (χ1n) is 2.54. The van der Waals surface area contributed by atoms with Crippen LogP contribution < -0.4 is 0 Å². The monoisotopic (exact) mass is 143 g/mol. The van der Waals surface area contributed by atoms with Crippen LogP contribution in [-0.2, 0) is 6.61 Å². The number of carbonyl (C=O) groups is 1. The van der Waals surface area contributed by atoms with Gasteiger partial charge >= 0.3 is 5.97 Å². The Morgan fingerprint density at radius 1 is 1.80 bits per heavy atom. The van der Waals surface area contributed by atoms with Crippen LogP contribution in [0.2, 0.25) is 0 Å². The number of hydrogen-bond acceptors (Lipinski definition) is 4. The number of carboxylic acids is 1. The molecule has 1 heterocycles. The Kier molecular flexibility index (Phi) is 1.68. The zero-order valence-corrected chi connectivity index (χ0v) is 4.94. The van der Waals surface area contributed by atoms with E-state index in [0.29, 0.717) is 0 Å². The Labute approximate surface area is 55.9 Å². The van der Waals surface area contributed by atoms with Crippen molar-refractivity contribution in [3.63, 3.8) is 0 Å². The molecular formula is C5H5NO4. The lowest BCUT2D eigenvalue weighted by molar-refractivity contribution is 0.0651. The molecule has 54 valence electrons. The van der Waals surface area contributed by atoms with Crippen molar-refractivity contribution in [1.82, 2.24) is 5.16 Å². The zero-order valence-electron chi connectivity index (χ0n) is 4.94. The summed E-state index contributed by atoms with van der Waals surface area (Å²) in [5.41, 5.74) is 0.220. The molecule has 0 bridgehead atoms. The normalized spacial score (nSPS) is 9.70. The minimum atomic E-state index is -1.19. The summed E-state index contributed by atoms with van der Waals surface area (Å²) in [5.74, 6) is -1.45. The van der Waals surface area contributed by atoms with E-state index in [1.807, 2.05) is 0 Å². The molecule has 1 aromatic rings. The molecule has 0 amide bonds. The molecule has 1 rings (SSSR count). The number of aromatic carboxylic acids is 1. The van der Waals surface area contributed by atoms with Gasteiger partial charge in [0, 0.05) is 6.07 Å². The first kappa shape index (κ1) is 6.76. The van der Waals surface area contributed by atoms with Crippen LogP contribution in [0.25, 0.3) is 0 Å². The summed E-state index contributed by atoms with van der Waals surface area (Å²) in [6, 6.07) is 1.17. The maximum Gasteiger partial charge on any atom is 0.374 e. The van der Waals surface area contributed by atoms with E-state index in [2.05, 4.69) is 9.68 Å². The van der Waals surface area contributed by atoms with Gasteiger partial charge in [-0.2, -0.15) is 0 Å².